The lowest BCUT2D eigenvalue weighted by molar-refractivity contribution is -0.149. The van der Waals surface area contributed by atoms with Crippen molar-refractivity contribution in [2.24, 2.45) is 0 Å². The molecule has 0 fully saturated rings. The summed E-state index contributed by atoms with van der Waals surface area (Å²) in [7, 11) is 0. The van der Waals surface area contributed by atoms with Crippen molar-refractivity contribution in [2.45, 2.75) is 25.9 Å². The van der Waals surface area contributed by atoms with Crippen LogP contribution in [0.1, 0.15) is 20.3 Å². The van der Waals surface area contributed by atoms with E-state index in [0.717, 1.165) is 0 Å². The Morgan fingerprint density at radius 2 is 2.00 bits per heavy atom. The van der Waals surface area contributed by atoms with Crippen molar-refractivity contribution >= 4 is 29.2 Å². The average molecular weight is 351 g/mol. The van der Waals surface area contributed by atoms with Crippen LogP contribution in [-0.2, 0) is 14.3 Å². The van der Waals surface area contributed by atoms with Gasteiger partial charge in [0.2, 0.25) is 0 Å². The molecule has 0 atom stereocenters. The molecule has 0 aliphatic rings. The SMILES string of the molecule is CC(C)(CCO)OCCOC(=O)COc1ccc(Cl)cc1Cl. The molecule has 0 saturated heterocycles. The van der Waals surface area contributed by atoms with E-state index >= 15 is 0 Å². The molecule has 0 heterocycles. The van der Waals surface area contributed by atoms with Crippen LogP contribution < -0.4 is 4.74 Å². The molecule has 1 aromatic carbocycles. The first kappa shape index (κ1) is 19.0. The molecule has 0 amide bonds. The number of rotatable bonds is 9. The molecule has 0 aliphatic heterocycles. The Balaban J connectivity index is 2.24. The van der Waals surface area contributed by atoms with Gasteiger partial charge < -0.3 is 19.3 Å². The maximum Gasteiger partial charge on any atom is 0.344 e. The highest BCUT2D eigenvalue weighted by Gasteiger charge is 2.17. The number of ether oxygens (including phenoxy) is 3. The quantitative estimate of drug-likeness (QED) is 0.547. The summed E-state index contributed by atoms with van der Waals surface area (Å²) >= 11 is 11.7. The summed E-state index contributed by atoms with van der Waals surface area (Å²) in [5.41, 5.74) is -0.450. The number of aliphatic hydroxyl groups is 1. The molecular formula is C15H20Cl2O5. The van der Waals surface area contributed by atoms with Gasteiger partial charge in [0, 0.05) is 11.6 Å². The number of carbonyl (C=O) groups excluding carboxylic acids is 1. The van der Waals surface area contributed by atoms with Crippen molar-refractivity contribution < 1.29 is 24.1 Å². The molecule has 1 N–H and O–H groups in total. The number of hydrogen-bond donors (Lipinski definition) is 1. The molecule has 5 nitrogen and oxygen atoms in total. The number of hydrogen-bond acceptors (Lipinski definition) is 5. The molecule has 0 saturated carbocycles. The van der Waals surface area contributed by atoms with Crippen molar-refractivity contribution in [1.29, 1.82) is 0 Å². The highest BCUT2D eigenvalue weighted by Crippen LogP contribution is 2.27. The fourth-order valence-corrected chi connectivity index (χ4v) is 2.05. The molecule has 124 valence electrons. The van der Waals surface area contributed by atoms with E-state index in [4.69, 9.17) is 42.5 Å². The van der Waals surface area contributed by atoms with Crippen LogP contribution in [0.3, 0.4) is 0 Å². The van der Waals surface area contributed by atoms with Crippen LogP contribution in [0.4, 0.5) is 0 Å². The van der Waals surface area contributed by atoms with Gasteiger partial charge in [0.15, 0.2) is 6.61 Å². The van der Waals surface area contributed by atoms with E-state index in [-0.39, 0.29) is 26.4 Å². The summed E-state index contributed by atoms with van der Waals surface area (Å²) in [6, 6.07) is 4.73. The standard InChI is InChI=1S/C15H20Cl2O5/c1-15(2,5-6-18)22-8-7-20-14(19)10-21-13-4-3-11(16)9-12(13)17/h3-4,9,18H,5-8,10H2,1-2H3. The molecule has 7 heteroatoms. The van der Waals surface area contributed by atoms with E-state index in [0.29, 0.717) is 22.2 Å². The maximum absolute atomic E-state index is 11.5. The largest absolute Gasteiger partial charge is 0.480 e. The zero-order valence-electron chi connectivity index (χ0n) is 12.6. The minimum Gasteiger partial charge on any atom is -0.480 e. The van der Waals surface area contributed by atoms with Gasteiger partial charge in [0.1, 0.15) is 12.4 Å². The second-order valence-electron chi connectivity index (χ2n) is 5.17. The molecule has 0 radical (unpaired) electrons. The molecule has 0 bridgehead atoms. The van der Waals surface area contributed by atoms with Gasteiger partial charge >= 0.3 is 5.97 Å². The van der Waals surface area contributed by atoms with Gasteiger partial charge in [-0.05, 0) is 38.5 Å². The summed E-state index contributed by atoms with van der Waals surface area (Å²) in [5.74, 6) is -0.155. The van der Waals surface area contributed by atoms with Crippen molar-refractivity contribution in [3.05, 3.63) is 28.2 Å². The third-order valence-electron chi connectivity index (χ3n) is 2.79. The Hall–Kier alpha value is -1.01. The van der Waals surface area contributed by atoms with Crippen LogP contribution in [0.2, 0.25) is 10.0 Å². The highest BCUT2D eigenvalue weighted by atomic mass is 35.5. The third kappa shape index (κ3) is 7.31. The Morgan fingerprint density at radius 3 is 2.64 bits per heavy atom. The van der Waals surface area contributed by atoms with E-state index in [1.807, 2.05) is 13.8 Å². The Kier molecular flexibility index (Phi) is 7.96. The molecular weight excluding hydrogens is 331 g/mol. The topological polar surface area (TPSA) is 65.0 Å². The zero-order chi connectivity index (χ0) is 16.6. The normalized spacial score (nSPS) is 11.3. The van der Waals surface area contributed by atoms with Crippen LogP contribution in [-0.4, -0.2) is 43.1 Å². The van der Waals surface area contributed by atoms with Crippen LogP contribution >= 0.6 is 23.2 Å². The van der Waals surface area contributed by atoms with Gasteiger partial charge in [-0.15, -0.1) is 0 Å². The summed E-state index contributed by atoms with van der Waals surface area (Å²) in [4.78, 5) is 11.5. The number of benzene rings is 1. The van der Waals surface area contributed by atoms with Crippen molar-refractivity contribution in [1.82, 2.24) is 0 Å². The maximum atomic E-state index is 11.5. The number of carbonyl (C=O) groups is 1. The molecule has 0 aliphatic carbocycles. The first-order valence-electron chi connectivity index (χ1n) is 6.82. The Morgan fingerprint density at radius 1 is 1.27 bits per heavy atom. The highest BCUT2D eigenvalue weighted by molar-refractivity contribution is 6.35. The molecule has 0 spiro atoms. The van der Waals surface area contributed by atoms with Crippen LogP contribution in [0.5, 0.6) is 5.75 Å². The first-order valence-corrected chi connectivity index (χ1v) is 7.58. The monoisotopic (exact) mass is 350 g/mol. The fourth-order valence-electron chi connectivity index (χ4n) is 1.59. The zero-order valence-corrected chi connectivity index (χ0v) is 14.1. The van der Waals surface area contributed by atoms with Gasteiger partial charge in [-0.3, -0.25) is 0 Å². The lowest BCUT2D eigenvalue weighted by atomic mass is 10.1. The second kappa shape index (κ2) is 9.20. The minimum absolute atomic E-state index is 0.0441. The smallest absolute Gasteiger partial charge is 0.344 e. The van der Waals surface area contributed by atoms with Crippen molar-refractivity contribution in [3.8, 4) is 5.75 Å². The molecule has 0 aromatic heterocycles. The first-order chi connectivity index (χ1) is 10.3. The fraction of sp³-hybridized carbons (Fsp3) is 0.533. The minimum atomic E-state index is -0.519. The molecule has 1 rings (SSSR count). The van der Waals surface area contributed by atoms with E-state index < -0.39 is 11.6 Å². The predicted molar refractivity (Wildman–Crippen MR) is 84.6 cm³/mol. The predicted octanol–water partition coefficient (Wildman–Crippen LogP) is 3.09. The summed E-state index contributed by atoms with van der Waals surface area (Å²) in [5, 5.41) is 9.68. The number of aliphatic hydroxyl groups excluding tert-OH is 1. The third-order valence-corrected chi connectivity index (χ3v) is 3.32. The summed E-state index contributed by atoms with van der Waals surface area (Å²) in [6.07, 6.45) is 0.513. The number of esters is 1. The van der Waals surface area contributed by atoms with Crippen LogP contribution in [0.25, 0.3) is 0 Å². The van der Waals surface area contributed by atoms with Crippen molar-refractivity contribution in [3.63, 3.8) is 0 Å². The van der Waals surface area contributed by atoms with E-state index in [1.165, 1.54) is 6.07 Å². The Labute approximate surface area is 140 Å². The number of halogens is 2. The van der Waals surface area contributed by atoms with E-state index in [1.54, 1.807) is 12.1 Å². The van der Waals surface area contributed by atoms with Crippen LogP contribution in [0, 0.1) is 0 Å². The lowest BCUT2D eigenvalue weighted by Gasteiger charge is -2.24. The molecule has 22 heavy (non-hydrogen) atoms. The average Bonchev–Trinajstić information content (AvgIpc) is 2.42. The summed E-state index contributed by atoms with van der Waals surface area (Å²) < 4.78 is 15.7. The van der Waals surface area contributed by atoms with Gasteiger partial charge in [0.05, 0.1) is 17.2 Å². The lowest BCUT2D eigenvalue weighted by Crippen LogP contribution is -2.28. The van der Waals surface area contributed by atoms with Gasteiger partial charge in [0.25, 0.3) is 0 Å². The van der Waals surface area contributed by atoms with Gasteiger partial charge in [-0.25, -0.2) is 4.79 Å². The molecule has 1 aromatic rings. The van der Waals surface area contributed by atoms with E-state index in [2.05, 4.69) is 0 Å². The second-order valence-corrected chi connectivity index (χ2v) is 6.01. The van der Waals surface area contributed by atoms with Crippen LogP contribution in [0.15, 0.2) is 18.2 Å². The van der Waals surface area contributed by atoms with Gasteiger partial charge in [-0.2, -0.15) is 0 Å². The summed E-state index contributed by atoms with van der Waals surface area (Å²) in [6.45, 7) is 3.88. The Bertz CT molecular complexity index is 491. The van der Waals surface area contributed by atoms with Gasteiger partial charge in [-0.1, -0.05) is 23.2 Å². The van der Waals surface area contributed by atoms with Crippen molar-refractivity contribution in [2.75, 3.05) is 26.4 Å². The van der Waals surface area contributed by atoms with E-state index in [9.17, 15) is 4.79 Å². The molecule has 0 unspecified atom stereocenters.